The van der Waals surface area contributed by atoms with Gasteiger partial charge in [0.2, 0.25) is 5.91 Å². The maximum absolute atomic E-state index is 11.8. The molecule has 1 aromatic rings. The molecule has 1 amide bonds. The normalized spacial score (nSPS) is 12.3. The lowest BCUT2D eigenvalue weighted by Gasteiger charge is -2.13. The van der Waals surface area contributed by atoms with Gasteiger partial charge in [0.25, 0.3) is 0 Å². The molecule has 0 saturated carbocycles. The molecule has 0 saturated heterocycles. The Balaban J connectivity index is 2.73. The standard InChI is InChI=1S/C13H18Cl2N2O/c1-3-9(7-16)5-13(18)17-12-6-10(14)8(2)4-11(12)15/h4,6,9H,3,5,7,16H2,1-2H3,(H,17,18). The van der Waals surface area contributed by atoms with E-state index in [-0.39, 0.29) is 11.8 Å². The van der Waals surface area contributed by atoms with Crippen LogP contribution in [0.1, 0.15) is 25.3 Å². The van der Waals surface area contributed by atoms with Crippen molar-refractivity contribution < 1.29 is 4.79 Å². The highest BCUT2D eigenvalue weighted by Crippen LogP contribution is 2.29. The summed E-state index contributed by atoms with van der Waals surface area (Å²) in [5.74, 6) is 0.110. The van der Waals surface area contributed by atoms with Crippen LogP contribution >= 0.6 is 23.2 Å². The zero-order valence-corrected chi connectivity index (χ0v) is 12.1. The maximum Gasteiger partial charge on any atom is 0.224 e. The fraction of sp³-hybridized carbons (Fsp3) is 0.462. The van der Waals surface area contributed by atoms with Crippen molar-refractivity contribution in [3.05, 3.63) is 27.7 Å². The first-order valence-electron chi connectivity index (χ1n) is 5.93. The molecule has 1 unspecified atom stereocenters. The molecule has 1 aromatic carbocycles. The van der Waals surface area contributed by atoms with Crippen LogP contribution in [0.2, 0.25) is 10.0 Å². The Bertz CT molecular complexity index is 431. The summed E-state index contributed by atoms with van der Waals surface area (Å²) in [6.07, 6.45) is 1.28. The number of halogens is 2. The van der Waals surface area contributed by atoms with E-state index in [9.17, 15) is 4.79 Å². The molecule has 0 heterocycles. The van der Waals surface area contributed by atoms with Crippen molar-refractivity contribution in [2.45, 2.75) is 26.7 Å². The topological polar surface area (TPSA) is 55.1 Å². The van der Waals surface area contributed by atoms with E-state index in [1.165, 1.54) is 0 Å². The summed E-state index contributed by atoms with van der Waals surface area (Å²) in [5.41, 5.74) is 7.00. The van der Waals surface area contributed by atoms with Crippen molar-refractivity contribution in [1.29, 1.82) is 0 Å². The van der Waals surface area contributed by atoms with Gasteiger partial charge in [-0.15, -0.1) is 0 Å². The van der Waals surface area contributed by atoms with Gasteiger partial charge in [-0.2, -0.15) is 0 Å². The highest BCUT2D eigenvalue weighted by molar-refractivity contribution is 6.36. The number of nitrogens with one attached hydrogen (secondary N) is 1. The Morgan fingerprint density at radius 1 is 1.39 bits per heavy atom. The number of amides is 1. The number of nitrogens with two attached hydrogens (primary N) is 1. The Hall–Kier alpha value is -0.770. The molecular weight excluding hydrogens is 271 g/mol. The van der Waals surface area contributed by atoms with E-state index in [2.05, 4.69) is 5.32 Å². The molecule has 0 spiro atoms. The van der Waals surface area contributed by atoms with Crippen LogP contribution in [0.15, 0.2) is 12.1 Å². The minimum Gasteiger partial charge on any atom is -0.330 e. The average molecular weight is 289 g/mol. The van der Waals surface area contributed by atoms with Crippen LogP contribution in [0.3, 0.4) is 0 Å². The molecule has 0 fully saturated rings. The molecule has 0 aromatic heterocycles. The van der Waals surface area contributed by atoms with Crippen LogP contribution in [0.4, 0.5) is 5.69 Å². The number of carbonyl (C=O) groups is 1. The third-order valence-corrected chi connectivity index (χ3v) is 3.63. The van der Waals surface area contributed by atoms with Gasteiger partial charge < -0.3 is 11.1 Å². The average Bonchev–Trinajstić information content (AvgIpc) is 2.33. The lowest BCUT2D eigenvalue weighted by Crippen LogP contribution is -2.21. The van der Waals surface area contributed by atoms with Gasteiger partial charge in [0, 0.05) is 11.4 Å². The van der Waals surface area contributed by atoms with E-state index in [0.717, 1.165) is 12.0 Å². The number of anilines is 1. The van der Waals surface area contributed by atoms with Gasteiger partial charge in [0.05, 0.1) is 10.7 Å². The van der Waals surface area contributed by atoms with Crippen LogP contribution < -0.4 is 11.1 Å². The van der Waals surface area contributed by atoms with Gasteiger partial charge in [-0.05, 0) is 37.1 Å². The SMILES string of the molecule is CCC(CN)CC(=O)Nc1cc(Cl)c(C)cc1Cl. The van der Waals surface area contributed by atoms with Gasteiger partial charge in [-0.1, -0.05) is 36.5 Å². The van der Waals surface area contributed by atoms with Crippen molar-refractivity contribution in [3.63, 3.8) is 0 Å². The molecule has 0 aliphatic heterocycles. The number of carbonyl (C=O) groups excluding carboxylic acids is 1. The molecule has 1 rings (SSSR count). The zero-order chi connectivity index (χ0) is 13.7. The molecular formula is C13H18Cl2N2O. The first kappa shape index (κ1) is 15.3. The second kappa shape index (κ2) is 6.98. The van der Waals surface area contributed by atoms with Crippen molar-refractivity contribution in [3.8, 4) is 0 Å². The molecule has 0 aliphatic rings. The van der Waals surface area contributed by atoms with Gasteiger partial charge >= 0.3 is 0 Å². The van der Waals surface area contributed by atoms with E-state index >= 15 is 0 Å². The first-order chi connectivity index (χ1) is 8.47. The maximum atomic E-state index is 11.8. The fourth-order valence-electron chi connectivity index (χ4n) is 1.60. The highest BCUT2D eigenvalue weighted by Gasteiger charge is 2.12. The van der Waals surface area contributed by atoms with E-state index in [0.29, 0.717) is 28.7 Å². The Morgan fingerprint density at radius 3 is 2.61 bits per heavy atom. The Kier molecular flexibility index (Phi) is 5.93. The van der Waals surface area contributed by atoms with E-state index in [4.69, 9.17) is 28.9 Å². The molecule has 3 N–H and O–H groups in total. The van der Waals surface area contributed by atoms with Crippen LogP contribution in [0.5, 0.6) is 0 Å². The van der Waals surface area contributed by atoms with Gasteiger partial charge in [0.1, 0.15) is 0 Å². The zero-order valence-electron chi connectivity index (χ0n) is 10.6. The molecule has 0 bridgehead atoms. The summed E-state index contributed by atoms with van der Waals surface area (Å²) in [5, 5.41) is 3.84. The minimum absolute atomic E-state index is 0.0888. The minimum atomic E-state index is -0.0888. The van der Waals surface area contributed by atoms with Crippen LogP contribution in [-0.4, -0.2) is 12.5 Å². The summed E-state index contributed by atoms with van der Waals surface area (Å²) in [6, 6.07) is 3.40. The quantitative estimate of drug-likeness (QED) is 0.870. The Labute approximate surface area is 118 Å². The summed E-state index contributed by atoms with van der Waals surface area (Å²) in [6.45, 7) is 4.38. The Morgan fingerprint density at radius 2 is 2.06 bits per heavy atom. The van der Waals surface area contributed by atoms with Gasteiger partial charge in [-0.25, -0.2) is 0 Å². The second-order valence-corrected chi connectivity index (χ2v) is 5.16. The molecule has 5 heteroatoms. The summed E-state index contributed by atoms with van der Waals surface area (Å²) >= 11 is 12.1. The second-order valence-electron chi connectivity index (χ2n) is 4.34. The third-order valence-electron chi connectivity index (χ3n) is 2.91. The molecule has 0 aliphatic carbocycles. The largest absolute Gasteiger partial charge is 0.330 e. The predicted octanol–water partition coefficient (Wildman–Crippen LogP) is 3.62. The van der Waals surface area contributed by atoms with E-state index in [1.54, 1.807) is 12.1 Å². The van der Waals surface area contributed by atoms with Crippen molar-refractivity contribution >= 4 is 34.8 Å². The number of benzene rings is 1. The molecule has 18 heavy (non-hydrogen) atoms. The molecule has 0 radical (unpaired) electrons. The lowest BCUT2D eigenvalue weighted by atomic mass is 10.0. The lowest BCUT2D eigenvalue weighted by molar-refractivity contribution is -0.117. The molecule has 3 nitrogen and oxygen atoms in total. The number of hydrogen-bond acceptors (Lipinski definition) is 2. The molecule has 1 atom stereocenters. The summed E-state index contributed by atoms with van der Waals surface area (Å²) in [4.78, 5) is 11.8. The third kappa shape index (κ3) is 4.16. The van der Waals surface area contributed by atoms with Crippen LogP contribution in [0, 0.1) is 12.8 Å². The summed E-state index contributed by atoms with van der Waals surface area (Å²) < 4.78 is 0. The van der Waals surface area contributed by atoms with E-state index in [1.807, 2.05) is 13.8 Å². The van der Waals surface area contributed by atoms with Crippen LogP contribution in [0.25, 0.3) is 0 Å². The van der Waals surface area contributed by atoms with Crippen molar-refractivity contribution in [1.82, 2.24) is 0 Å². The smallest absolute Gasteiger partial charge is 0.224 e. The number of aryl methyl sites for hydroxylation is 1. The number of hydrogen-bond donors (Lipinski definition) is 2. The van der Waals surface area contributed by atoms with Crippen LogP contribution in [-0.2, 0) is 4.79 Å². The van der Waals surface area contributed by atoms with Gasteiger partial charge in [-0.3, -0.25) is 4.79 Å². The first-order valence-corrected chi connectivity index (χ1v) is 6.69. The molecule has 100 valence electrons. The fourth-order valence-corrected chi connectivity index (χ4v) is 2.03. The van der Waals surface area contributed by atoms with E-state index < -0.39 is 0 Å². The monoisotopic (exact) mass is 288 g/mol. The summed E-state index contributed by atoms with van der Waals surface area (Å²) in [7, 11) is 0. The number of rotatable bonds is 5. The van der Waals surface area contributed by atoms with Crippen molar-refractivity contribution in [2.24, 2.45) is 11.7 Å². The van der Waals surface area contributed by atoms with Crippen molar-refractivity contribution in [2.75, 3.05) is 11.9 Å². The predicted molar refractivity (Wildman–Crippen MR) is 77.3 cm³/mol. The highest BCUT2D eigenvalue weighted by atomic mass is 35.5. The van der Waals surface area contributed by atoms with Gasteiger partial charge in [0.15, 0.2) is 0 Å².